The highest BCUT2D eigenvalue weighted by atomic mass is 16.5. The summed E-state index contributed by atoms with van der Waals surface area (Å²) < 4.78 is 5.67. The van der Waals surface area contributed by atoms with E-state index < -0.39 is 11.7 Å². The first-order chi connectivity index (χ1) is 11.2. The van der Waals surface area contributed by atoms with E-state index in [4.69, 9.17) is 4.74 Å². The summed E-state index contributed by atoms with van der Waals surface area (Å²) in [7, 11) is 0. The number of hydrogen-bond acceptors (Lipinski definition) is 4. The number of carbonyl (C=O) groups excluding carboxylic acids is 1. The maximum Gasteiger partial charge on any atom is 0.254 e. The predicted octanol–water partition coefficient (Wildman–Crippen LogP) is 2.00. The Kier molecular flexibility index (Phi) is 6.01. The van der Waals surface area contributed by atoms with Crippen LogP contribution in [0.1, 0.15) is 50.0 Å². The zero-order chi connectivity index (χ0) is 17.9. The summed E-state index contributed by atoms with van der Waals surface area (Å²) in [6, 6.07) is 7.49. The van der Waals surface area contributed by atoms with Gasteiger partial charge in [-0.05, 0) is 58.2 Å². The van der Waals surface area contributed by atoms with E-state index >= 15 is 0 Å². The molecule has 0 aliphatic carbocycles. The molecular weight excluding hydrogens is 306 g/mol. The molecule has 2 atom stereocenters. The number of aryl methyl sites for hydroxylation is 1. The Labute approximate surface area is 144 Å². The van der Waals surface area contributed by atoms with Gasteiger partial charge in [0.2, 0.25) is 0 Å². The molecule has 1 aliphatic rings. The van der Waals surface area contributed by atoms with Crippen molar-refractivity contribution in [1.29, 1.82) is 0 Å². The van der Waals surface area contributed by atoms with Gasteiger partial charge in [-0.1, -0.05) is 12.1 Å². The van der Waals surface area contributed by atoms with Gasteiger partial charge < -0.3 is 19.8 Å². The van der Waals surface area contributed by atoms with Gasteiger partial charge in [0.05, 0.1) is 17.8 Å². The van der Waals surface area contributed by atoms with E-state index in [1.807, 2.05) is 32.0 Å². The monoisotopic (exact) mass is 335 g/mol. The number of hydrogen-bond donors (Lipinski definition) is 2. The third kappa shape index (κ3) is 5.30. The number of carbonyl (C=O) groups is 1. The lowest BCUT2D eigenvalue weighted by Crippen LogP contribution is -2.31. The van der Waals surface area contributed by atoms with Crippen LogP contribution in [0.4, 0.5) is 0 Å². The van der Waals surface area contributed by atoms with Crippen LogP contribution in [0.3, 0.4) is 0 Å². The smallest absolute Gasteiger partial charge is 0.254 e. The zero-order valence-electron chi connectivity index (χ0n) is 15.0. The number of rotatable bonds is 6. The summed E-state index contributed by atoms with van der Waals surface area (Å²) in [5, 5.41) is 19.9. The molecule has 1 amide bonds. The number of aliphatic hydroxyl groups is 2. The summed E-state index contributed by atoms with van der Waals surface area (Å²) in [6.07, 6.45) is 0.399. The zero-order valence-corrected chi connectivity index (χ0v) is 15.0. The minimum absolute atomic E-state index is 0.0184. The molecule has 0 spiro atoms. The SMILES string of the molecule is CC(C)O[C@@H]1CN(C(=O)c2cccc(CCC(C)(C)O)c2)C[C@H]1O. The highest BCUT2D eigenvalue weighted by Gasteiger charge is 2.35. The first-order valence-electron chi connectivity index (χ1n) is 8.60. The van der Waals surface area contributed by atoms with E-state index in [2.05, 4.69) is 0 Å². The summed E-state index contributed by atoms with van der Waals surface area (Å²) in [6.45, 7) is 8.10. The van der Waals surface area contributed by atoms with Gasteiger partial charge in [-0.25, -0.2) is 0 Å². The van der Waals surface area contributed by atoms with Gasteiger partial charge in [-0.2, -0.15) is 0 Å². The maximum atomic E-state index is 12.7. The van der Waals surface area contributed by atoms with E-state index in [0.29, 0.717) is 31.5 Å². The number of nitrogens with zero attached hydrogens (tertiary/aromatic N) is 1. The molecule has 1 aromatic rings. The molecule has 0 bridgehead atoms. The maximum absolute atomic E-state index is 12.7. The van der Waals surface area contributed by atoms with Crippen molar-refractivity contribution in [2.24, 2.45) is 0 Å². The van der Waals surface area contributed by atoms with Crippen LogP contribution in [-0.4, -0.2) is 58.0 Å². The van der Waals surface area contributed by atoms with Crippen LogP contribution in [0.5, 0.6) is 0 Å². The van der Waals surface area contributed by atoms with Gasteiger partial charge in [-0.15, -0.1) is 0 Å². The Hall–Kier alpha value is -1.43. The van der Waals surface area contributed by atoms with E-state index in [9.17, 15) is 15.0 Å². The molecule has 1 aromatic carbocycles. The molecule has 5 heteroatoms. The van der Waals surface area contributed by atoms with Gasteiger partial charge in [-0.3, -0.25) is 4.79 Å². The average Bonchev–Trinajstić information content (AvgIpc) is 2.84. The van der Waals surface area contributed by atoms with Gasteiger partial charge in [0.15, 0.2) is 0 Å². The number of ether oxygens (including phenoxy) is 1. The average molecular weight is 335 g/mol. The standard InChI is InChI=1S/C19H29NO4/c1-13(2)24-17-12-20(11-16(17)21)18(22)15-7-5-6-14(10-15)8-9-19(3,4)23/h5-7,10,13,16-17,21,23H,8-9,11-12H2,1-4H3/t16-,17-/m1/s1. The molecule has 0 unspecified atom stereocenters. The lowest BCUT2D eigenvalue weighted by molar-refractivity contribution is -0.0394. The van der Waals surface area contributed by atoms with Crippen molar-refractivity contribution in [2.45, 2.75) is 64.4 Å². The van der Waals surface area contributed by atoms with Crippen molar-refractivity contribution in [1.82, 2.24) is 4.90 Å². The molecule has 1 aliphatic heterocycles. The van der Waals surface area contributed by atoms with Crippen molar-refractivity contribution >= 4 is 5.91 Å². The van der Waals surface area contributed by atoms with Crippen LogP contribution in [0.15, 0.2) is 24.3 Å². The molecule has 24 heavy (non-hydrogen) atoms. The van der Waals surface area contributed by atoms with E-state index in [1.165, 1.54) is 0 Å². The summed E-state index contributed by atoms with van der Waals surface area (Å²) in [5.41, 5.74) is 0.916. The van der Waals surface area contributed by atoms with Gasteiger partial charge in [0, 0.05) is 18.7 Å². The topological polar surface area (TPSA) is 70.0 Å². The van der Waals surface area contributed by atoms with Crippen molar-refractivity contribution in [3.63, 3.8) is 0 Å². The molecule has 1 heterocycles. The van der Waals surface area contributed by atoms with E-state index in [-0.39, 0.29) is 18.1 Å². The number of β-amino-alcohol motifs (C(OH)–C–C–N with tert-alkyl or cyclic N) is 1. The summed E-state index contributed by atoms with van der Waals surface area (Å²) in [5.74, 6) is -0.0889. The van der Waals surface area contributed by atoms with E-state index in [1.54, 1.807) is 24.8 Å². The lowest BCUT2D eigenvalue weighted by atomic mass is 9.98. The quantitative estimate of drug-likeness (QED) is 0.834. The van der Waals surface area contributed by atoms with Crippen LogP contribution in [0.25, 0.3) is 0 Å². The van der Waals surface area contributed by atoms with Crippen LogP contribution < -0.4 is 0 Å². The van der Waals surface area contributed by atoms with Crippen LogP contribution in [0.2, 0.25) is 0 Å². The minimum Gasteiger partial charge on any atom is -0.390 e. The largest absolute Gasteiger partial charge is 0.390 e. The molecule has 2 rings (SSSR count). The molecule has 134 valence electrons. The van der Waals surface area contributed by atoms with Crippen LogP contribution >= 0.6 is 0 Å². The second-order valence-corrected chi connectivity index (χ2v) is 7.51. The molecule has 5 nitrogen and oxygen atoms in total. The van der Waals surface area contributed by atoms with Crippen molar-refractivity contribution in [2.75, 3.05) is 13.1 Å². The number of amides is 1. The fourth-order valence-electron chi connectivity index (χ4n) is 2.90. The normalized spacial score (nSPS) is 21.5. The van der Waals surface area contributed by atoms with Gasteiger partial charge in [0.25, 0.3) is 5.91 Å². The Morgan fingerprint density at radius 2 is 2.08 bits per heavy atom. The highest BCUT2D eigenvalue weighted by molar-refractivity contribution is 5.94. The second kappa shape index (κ2) is 7.64. The van der Waals surface area contributed by atoms with Crippen molar-refractivity contribution < 1.29 is 19.7 Å². The fourth-order valence-corrected chi connectivity index (χ4v) is 2.90. The Morgan fingerprint density at radius 1 is 1.38 bits per heavy atom. The molecular formula is C19H29NO4. The second-order valence-electron chi connectivity index (χ2n) is 7.51. The molecule has 2 N–H and O–H groups in total. The summed E-state index contributed by atoms with van der Waals surface area (Å²) in [4.78, 5) is 14.3. The minimum atomic E-state index is -0.722. The third-order valence-corrected chi connectivity index (χ3v) is 4.17. The first-order valence-corrected chi connectivity index (χ1v) is 8.60. The molecule has 0 saturated carbocycles. The fraction of sp³-hybridized carbons (Fsp3) is 0.632. The number of aliphatic hydroxyl groups excluding tert-OH is 1. The van der Waals surface area contributed by atoms with E-state index in [0.717, 1.165) is 5.56 Å². The Bertz CT molecular complexity index is 565. The van der Waals surface area contributed by atoms with Crippen LogP contribution in [-0.2, 0) is 11.2 Å². The molecule has 0 radical (unpaired) electrons. The Balaban J connectivity index is 2.02. The molecule has 1 saturated heterocycles. The number of likely N-dealkylation sites (tertiary alicyclic amines) is 1. The highest BCUT2D eigenvalue weighted by Crippen LogP contribution is 2.20. The molecule has 0 aromatic heterocycles. The first kappa shape index (κ1) is 18.9. The lowest BCUT2D eigenvalue weighted by Gasteiger charge is -2.19. The van der Waals surface area contributed by atoms with Crippen molar-refractivity contribution in [3.8, 4) is 0 Å². The molecule has 1 fully saturated rings. The predicted molar refractivity (Wildman–Crippen MR) is 93.0 cm³/mol. The van der Waals surface area contributed by atoms with Gasteiger partial charge in [0.1, 0.15) is 6.10 Å². The van der Waals surface area contributed by atoms with Crippen LogP contribution in [0, 0.1) is 0 Å². The Morgan fingerprint density at radius 3 is 2.71 bits per heavy atom. The third-order valence-electron chi connectivity index (χ3n) is 4.17. The summed E-state index contributed by atoms with van der Waals surface area (Å²) >= 11 is 0. The van der Waals surface area contributed by atoms with Crippen molar-refractivity contribution in [3.05, 3.63) is 35.4 Å². The number of benzene rings is 1. The van der Waals surface area contributed by atoms with Gasteiger partial charge >= 0.3 is 0 Å².